The van der Waals surface area contributed by atoms with Crippen LogP contribution in [0, 0.1) is 0 Å². The smallest absolute Gasteiger partial charge is 0.406 e. The van der Waals surface area contributed by atoms with E-state index in [1.165, 1.54) is 35.8 Å². The highest BCUT2D eigenvalue weighted by atomic mass is 32.2. The van der Waals surface area contributed by atoms with Crippen LogP contribution >= 0.6 is 11.8 Å². The van der Waals surface area contributed by atoms with Crippen molar-refractivity contribution in [1.29, 1.82) is 0 Å². The van der Waals surface area contributed by atoms with Gasteiger partial charge in [-0.2, -0.15) is 5.10 Å². The van der Waals surface area contributed by atoms with Crippen LogP contribution in [0.5, 0.6) is 5.75 Å². The van der Waals surface area contributed by atoms with E-state index in [4.69, 9.17) is 5.73 Å². The highest BCUT2D eigenvalue weighted by Gasteiger charge is 2.39. The van der Waals surface area contributed by atoms with Crippen molar-refractivity contribution in [3.63, 3.8) is 0 Å². The van der Waals surface area contributed by atoms with Gasteiger partial charge in [-0.25, -0.2) is 9.98 Å². The van der Waals surface area contributed by atoms with Crippen LogP contribution in [0.2, 0.25) is 0 Å². The number of ether oxygens (including phenoxy) is 1. The van der Waals surface area contributed by atoms with Gasteiger partial charge < -0.3 is 10.5 Å². The standard InChI is InChI=1S/C29H25F3N6O2S/c1-18-27(39)38(25-5-3-2-4-24(25)20-10-11-20)28(41-18)37-36-16-19-6-8-21(9-7-19)26(33)35-17-34-22-12-14-23(15-13-22)40-29(30,31)32/h2-9,12-18,20H,10-11H2,1H3,(H2,33,34,35)/b36-16-,37-28+. The minimum Gasteiger partial charge on any atom is -0.406 e. The first-order valence-corrected chi connectivity index (χ1v) is 13.6. The molecule has 5 rings (SSSR count). The van der Waals surface area contributed by atoms with Crippen molar-refractivity contribution in [2.75, 3.05) is 4.90 Å². The number of hydrogen-bond donors (Lipinski definition) is 1. The molecular weight excluding hydrogens is 553 g/mol. The van der Waals surface area contributed by atoms with E-state index in [9.17, 15) is 18.0 Å². The van der Waals surface area contributed by atoms with Gasteiger partial charge in [-0.3, -0.25) is 9.69 Å². The molecule has 0 radical (unpaired) electrons. The zero-order valence-corrected chi connectivity index (χ0v) is 22.6. The molecule has 1 saturated carbocycles. The number of amidine groups is 2. The molecule has 1 saturated heterocycles. The van der Waals surface area contributed by atoms with E-state index in [0.717, 1.165) is 36.2 Å². The summed E-state index contributed by atoms with van der Waals surface area (Å²) in [4.78, 5) is 22.8. The Bertz CT molecular complexity index is 1530. The molecule has 41 heavy (non-hydrogen) atoms. The Labute approximate surface area is 238 Å². The summed E-state index contributed by atoms with van der Waals surface area (Å²) < 4.78 is 40.6. The topological polar surface area (TPSA) is 105 Å². The summed E-state index contributed by atoms with van der Waals surface area (Å²) in [6.45, 7) is 1.87. The molecule has 3 aromatic carbocycles. The molecular formula is C29H25F3N6O2S. The maximum absolute atomic E-state index is 13.0. The van der Waals surface area contributed by atoms with Gasteiger partial charge in [0.2, 0.25) is 5.91 Å². The lowest BCUT2D eigenvalue weighted by molar-refractivity contribution is -0.274. The molecule has 3 aromatic rings. The molecule has 2 N–H and O–H groups in total. The lowest BCUT2D eigenvalue weighted by Gasteiger charge is -2.19. The van der Waals surface area contributed by atoms with Gasteiger partial charge in [-0.05, 0) is 67.1 Å². The molecule has 1 amide bonds. The monoisotopic (exact) mass is 578 g/mol. The van der Waals surface area contributed by atoms with Crippen molar-refractivity contribution >= 4 is 52.6 Å². The number of thioether (sulfide) groups is 1. The second kappa shape index (κ2) is 12.0. The van der Waals surface area contributed by atoms with Gasteiger partial charge in [0.1, 0.15) is 17.9 Å². The summed E-state index contributed by atoms with van der Waals surface area (Å²) in [7, 11) is 0. The van der Waals surface area contributed by atoms with Crippen LogP contribution in [0.4, 0.5) is 24.5 Å². The Balaban J connectivity index is 1.23. The van der Waals surface area contributed by atoms with Gasteiger partial charge in [0.15, 0.2) is 5.17 Å². The summed E-state index contributed by atoms with van der Waals surface area (Å²) in [6.07, 6.45) is 0.312. The van der Waals surface area contributed by atoms with Crippen LogP contribution in [-0.2, 0) is 4.79 Å². The Morgan fingerprint density at radius 2 is 1.76 bits per heavy atom. The zero-order chi connectivity index (χ0) is 29.0. The third-order valence-electron chi connectivity index (χ3n) is 6.27. The Morgan fingerprint density at radius 1 is 1.05 bits per heavy atom. The van der Waals surface area contributed by atoms with Gasteiger partial charge >= 0.3 is 6.36 Å². The molecule has 2 fully saturated rings. The Morgan fingerprint density at radius 3 is 2.44 bits per heavy atom. The molecule has 1 unspecified atom stereocenters. The number of halogens is 3. The molecule has 8 nitrogen and oxygen atoms in total. The number of para-hydroxylation sites is 1. The van der Waals surface area contributed by atoms with Crippen molar-refractivity contribution < 1.29 is 22.7 Å². The fourth-order valence-electron chi connectivity index (χ4n) is 4.11. The lowest BCUT2D eigenvalue weighted by atomic mass is 10.1. The number of nitrogens with two attached hydrogens (primary N) is 1. The largest absolute Gasteiger partial charge is 0.573 e. The average Bonchev–Trinajstić information content (AvgIpc) is 3.75. The van der Waals surface area contributed by atoms with E-state index in [1.807, 2.05) is 25.1 Å². The molecule has 1 aliphatic carbocycles. The van der Waals surface area contributed by atoms with Gasteiger partial charge in [0.05, 0.1) is 22.8 Å². The summed E-state index contributed by atoms with van der Waals surface area (Å²) >= 11 is 1.38. The van der Waals surface area contributed by atoms with E-state index in [1.54, 1.807) is 35.4 Å². The molecule has 1 aliphatic heterocycles. The number of carbonyl (C=O) groups is 1. The number of alkyl halides is 3. The van der Waals surface area contributed by atoms with Gasteiger partial charge in [0, 0.05) is 5.56 Å². The maximum Gasteiger partial charge on any atom is 0.573 e. The van der Waals surface area contributed by atoms with Gasteiger partial charge in [-0.15, -0.1) is 18.3 Å². The number of benzene rings is 3. The van der Waals surface area contributed by atoms with E-state index >= 15 is 0 Å². The number of rotatable bonds is 8. The normalized spacial score (nSPS) is 19.2. The molecule has 12 heteroatoms. The van der Waals surface area contributed by atoms with Crippen LogP contribution in [0.15, 0.2) is 93.0 Å². The zero-order valence-electron chi connectivity index (χ0n) is 21.8. The minimum absolute atomic E-state index is 0.00723. The molecule has 1 heterocycles. The third kappa shape index (κ3) is 7.20. The number of carbonyl (C=O) groups excluding carboxylic acids is 1. The summed E-state index contributed by atoms with van der Waals surface area (Å²) in [5.41, 5.74) is 9.88. The number of nitrogens with zero attached hydrogens (tertiary/aromatic N) is 5. The molecule has 210 valence electrons. The number of aliphatic imine (C=N–C) groups is 2. The molecule has 0 bridgehead atoms. The van der Waals surface area contributed by atoms with Crippen molar-refractivity contribution in [3.05, 3.63) is 89.5 Å². The fourth-order valence-corrected chi connectivity index (χ4v) is 5.02. The van der Waals surface area contributed by atoms with Gasteiger partial charge in [-0.1, -0.05) is 54.2 Å². The van der Waals surface area contributed by atoms with Crippen molar-refractivity contribution in [1.82, 2.24) is 0 Å². The third-order valence-corrected chi connectivity index (χ3v) is 7.30. The first-order chi connectivity index (χ1) is 19.7. The van der Waals surface area contributed by atoms with E-state index < -0.39 is 6.36 Å². The predicted octanol–water partition coefficient (Wildman–Crippen LogP) is 6.39. The van der Waals surface area contributed by atoms with Crippen LogP contribution in [-0.4, -0.2) is 41.1 Å². The highest BCUT2D eigenvalue weighted by Crippen LogP contribution is 2.46. The number of anilines is 1. The molecule has 1 atom stereocenters. The summed E-state index contributed by atoms with van der Waals surface area (Å²) in [5, 5.41) is 8.91. The maximum atomic E-state index is 13.0. The van der Waals surface area contributed by atoms with Crippen LogP contribution in [0.1, 0.15) is 42.4 Å². The van der Waals surface area contributed by atoms with E-state index in [2.05, 4.69) is 31.0 Å². The quantitative estimate of drug-likeness (QED) is 0.190. The second-order valence-electron chi connectivity index (χ2n) is 9.32. The van der Waals surface area contributed by atoms with E-state index in [-0.39, 0.29) is 22.7 Å². The Kier molecular flexibility index (Phi) is 8.20. The first-order valence-electron chi connectivity index (χ1n) is 12.7. The van der Waals surface area contributed by atoms with Crippen LogP contribution < -0.4 is 15.4 Å². The summed E-state index contributed by atoms with van der Waals surface area (Å²) in [6, 6.07) is 20.1. The summed E-state index contributed by atoms with van der Waals surface area (Å²) in [5.74, 6) is 0.344. The van der Waals surface area contributed by atoms with Gasteiger partial charge in [0.25, 0.3) is 0 Å². The molecule has 0 spiro atoms. The van der Waals surface area contributed by atoms with Crippen LogP contribution in [0.3, 0.4) is 0 Å². The first kappa shape index (κ1) is 28.1. The van der Waals surface area contributed by atoms with Crippen molar-refractivity contribution in [2.24, 2.45) is 25.9 Å². The van der Waals surface area contributed by atoms with Crippen molar-refractivity contribution in [2.45, 2.75) is 37.3 Å². The SMILES string of the molecule is CC1S/C(=N/N=C\c2ccc(C(N)=NC=Nc3ccc(OC(F)(F)F)cc3)cc2)N(c2ccccc2C2CC2)C1=O. The van der Waals surface area contributed by atoms with Crippen molar-refractivity contribution in [3.8, 4) is 5.75 Å². The van der Waals surface area contributed by atoms with Crippen LogP contribution in [0.25, 0.3) is 0 Å². The number of hydrogen-bond acceptors (Lipinski definition) is 6. The minimum atomic E-state index is -4.75. The number of amides is 1. The predicted molar refractivity (Wildman–Crippen MR) is 156 cm³/mol. The highest BCUT2D eigenvalue weighted by molar-refractivity contribution is 8.16. The average molecular weight is 579 g/mol. The second-order valence-corrected chi connectivity index (χ2v) is 10.6. The fraction of sp³-hybridized carbons (Fsp3) is 0.207. The Hall–Kier alpha value is -4.45. The molecule has 2 aliphatic rings. The van der Waals surface area contributed by atoms with E-state index in [0.29, 0.717) is 22.3 Å². The molecule has 0 aromatic heterocycles. The lowest BCUT2D eigenvalue weighted by Crippen LogP contribution is -2.32.